The van der Waals surface area contributed by atoms with Gasteiger partial charge in [0.15, 0.2) is 5.16 Å². The van der Waals surface area contributed by atoms with Crippen LogP contribution in [-0.4, -0.2) is 31.1 Å². The highest BCUT2D eigenvalue weighted by Gasteiger charge is 2.32. The molecule has 1 aromatic rings. The van der Waals surface area contributed by atoms with Crippen LogP contribution >= 0.6 is 11.8 Å². The van der Waals surface area contributed by atoms with Crippen molar-refractivity contribution in [3.8, 4) is 0 Å². The molecule has 1 aliphatic carbocycles. The first-order chi connectivity index (χ1) is 7.68. The molecule has 88 valence electrons. The summed E-state index contributed by atoms with van der Waals surface area (Å²) >= 11 is 1.54. The van der Waals surface area contributed by atoms with Gasteiger partial charge in [-0.15, -0.1) is 10.2 Å². The quantitative estimate of drug-likeness (QED) is 0.869. The van der Waals surface area contributed by atoms with E-state index in [4.69, 9.17) is 5.11 Å². The Morgan fingerprint density at radius 3 is 2.94 bits per heavy atom. The molecule has 0 spiro atoms. The zero-order chi connectivity index (χ0) is 11.5. The molecule has 6 heteroatoms. The first kappa shape index (κ1) is 11.4. The van der Waals surface area contributed by atoms with Gasteiger partial charge in [-0.2, -0.15) is 0 Å². The lowest BCUT2D eigenvalue weighted by Crippen LogP contribution is -2.29. The summed E-state index contributed by atoms with van der Waals surface area (Å²) < 4.78 is 1.83. The summed E-state index contributed by atoms with van der Waals surface area (Å²) in [6.45, 7) is 0. The number of carboxylic acids is 1. The molecule has 2 unspecified atom stereocenters. The van der Waals surface area contributed by atoms with Gasteiger partial charge in [0, 0.05) is 12.3 Å². The first-order valence-electron chi connectivity index (χ1n) is 5.42. The molecule has 16 heavy (non-hydrogen) atoms. The average molecular weight is 241 g/mol. The van der Waals surface area contributed by atoms with Crippen molar-refractivity contribution >= 4 is 17.7 Å². The monoisotopic (exact) mass is 241 g/mol. The predicted octanol–water partition coefficient (Wildman–Crippen LogP) is 1.55. The number of rotatable bonds is 3. The molecule has 2 rings (SSSR count). The molecule has 1 aromatic heterocycles. The van der Waals surface area contributed by atoms with Crippen LogP contribution in [0.1, 0.15) is 25.7 Å². The molecule has 2 atom stereocenters. The van der Waals surface area contributed by atoms with Crippen molar-refractivity contribution in [3.05, 3.63) is 6.33 Å². The molecule has 0 aliphatic heterocycles. The molecule has 1 fully saturated rings. The Balaban J connectivity index is 2.07. The zero-order valence-electron chi connectivity index (χ0n) is 9.17. The molecule has 5 nitrogen and oxygen atoms in total. The van der Waals surface area contributed by atoms with Crippen LogP contribution in [0.5, 0.6) is 0 Å². The fraction of sp³-hybridized carbons (Fsp3) is 0.700. The minimum Gasteiger partial charge on any atom is -0.481 e. The number of aryl methyl sites for hydroxylation is 1. The van der Waals surface area contributed by atoms with Crippen molar-refractivity contribution in [1.82, 2.24) is 14.8 Å². The minimum absolute atomic E-state index is 0.133. The number of nitrogens with zero attached hydrogens (tertiary/aromatic N) is 3. The van der Waals surface area contributed by atoms with Gasteiger partial charge in [0.1, 0.15) is 6.33 Å². The van der Waals surface area contributed by atoms with E-state index in [0.29, 0.717) is 0 Å². The highest BCUT2D eigenvalue weighted by atomic mass is 32.2. The third kappa shape index (κ3) is 2.37. The largest absolute Gasteiger partial charge is 0.481 e. The van der Waals surface area contributed by atoms with E-state index in [2.05, 4.69) is 10.2 Å². The van der Waals surface area contributed by atoms with Crippen molar-refractivity contribution in [2.45, 2.75) is 36.1 Å². The highest BCUT2D eigenvalue weighted by molar-refractivity contribution is 7.99. The third-order valence-corrected chi connectivity index (χ3v) is 4.39. The van der Waals surface area contributed by atoms with Crippen LogP contribution in [-0.2, 0) is 11.8 Å². The molecular weight excluding hydrogens is 226 g/mol. The number of aliphatic carboxylic acids is 1. The average Bonchev–Trinajstić information content (AvgIpc) is 2.65. The standard InChI is InChI=1S/C10H15N3O2S/c1-13-6-11-12-10(13)16-8-5-3-2-4-7(8)9(14)15/h6-8H,2-5H2,1H3,(H,14,15). The lowest BCUT2D eigenvalue weighted by Gasteiger charge is -2.27. The lowest BCUT2D eigenvalue weighted by molar-refractivity contribution is -0.142. The van der Waals surface area contributed by atoms with Crippen molar-refractivity contribution in [2.24, 2.45) is 13.0 Å². The number of thioether (sulfide) groups is 1. The summed E-state index contributed by atoms with van der Waals surface area (Å²) in [4.78, 5) is 11.1. The van der Waals surface area contributed by atoms with E-state index in [9.17, 15) is 4.79 Å². The molecule has 0 bridgehead atoms. The predicted molar refractivity (Wildman–Crippen MR) is 60.2 cm³/mol. The minimum atomic E-state index is -0.681. The van der Waals surface area contributed by atoms with Crippen LogP contribution in [0.4, 0.5) is 0 Å². The van der Waals surface area contributed by atoms with Gasteiger partial charge in [0.05, 0.1) is 5.92 Å². The molecular formula is C10H15N3O2S. The molecule has 0 aromatic carbocycles. The summed E-state index contributed by atoms with van der Waals surface area (Å²) in [5.41, 5.74) is 0. The van der Waals surface area contributed by atoms with E-state index in [-0.39, 0.29) is 11.2 Å². The van der Waals surface area contributed by atoms with Crippen molar-refractivity contribution in [3.63, 3.8) is 0 Å². The van der Waals surface area contributed by atoms with Crippen molar-refractivity contribution in [1.29, 1.82) is 0 Å². The lowest BCUT2D eigenvalue weighted by atomic mass is 9.89. The summed E-state index contributed by atoms with van der Waals surface area (Å²) in [7, 11) is 1.88. The Hall–Kier alpha value is -1.04. The smallest absolute Gasteiger partial charge is 0.307 e. The van der Waals surface area contributed by atoms with E-state index in [1.54, 1.807) is 18.1 Å². The van der Waals surface area contributed by atoms with Gasteiger partial charge in [-0.05, 0) is 12.8 Å². The molecule has 1 aliphatic rings. The molecule has 0 radical (unpaired) electrons. The van der Waals surface area contributed by atoms with E-state index in [0.717, 1.165) is 30.8 Å². The van der Waals surface area contributed by atoms with Gasteiger partial charge in [0.25, 0.3) is 0 Å². The van der Waals surface area contributed by atoms with Gasteiger partial charge in [-0.3, -0.25) is 4.79 Å². The van der Waals surface area contributed by atoms with E-state index in [1.807, 2.05) is 11.6 Å². The highest BCUT2D eigenvalue weighted by Crippen LogP contribution is 2.36. The van der Waals surface area contributed by atoms with Crippen LogP contribution in [0.25, 0.3) is 0 Å². The first-order valence-corrected chi connectivity index (χ1v) is 6.30. The Labute approximate surface area is 98.3 Å². The summed E-state index contributed by atoms with van der Waals surface area (Å²) in [5, 5.41) is 17.9. The number of hydrogen-bond donors (Lipinski definition) is 1. The number of hydrogen-bond acceptors (Lipinski definition) is 4. The number of carboxylic acid groups (broad SMARTS) is 1. The van der Waals surface area contributed by atoms with E-state index < -0.39 is 5.97 Å². The molecule has 1 heterocycles. The summed E-state index contributed by atoms with van der Waals surface area (Å²) in [6.07, 6.45) is 5.51. The maximum atomic E-state index is 11.1. The molecule has 1 saturated carbocycles. The maximum Gasteiger partial charge on any atom is 0.307 e. The van der Waals surface area contributed by atoms with Gasteiger partial charge in [-0.1, -0.05) is 24.6 Å². The zero-order valence-corrected chi connectivity index (χ0v) is 9.98. The fourth-order valence-electron chi connectivity index (χ4n) is 2.04. The Morgan fingerprint density at radius 1 is 1.56 bits per heavy atom. The third-order valence-electron chi connectivity index (χ3n) is 2.95. The second-order valence-corrected chi connectivity index (χ2v) is 5.32. The van der Waals surface area contributed by atoms with Crippen LogP contribution in [0.3, 0.4) is 0 Å². The second kappa shape index (κ2) is 4.86. The van der Waals surface area contributed by atoms with Crippen LogP contribution < -0.4 is 0 Å². The topological polar surface area (TPSA) is 68.0 Å². The summed E-state index contributed by atoms with van der Waals surface area (Å²) in [6, 6.07) is 0. The number of aromatic nitrogens is 3. The van der Waals surface area contributed by atoms with Gasteiger partial charge in [-0.25, -0.2) is 0 Å². The van der Waals surface area contributed by atoms with E-state index >= 15 is 0 Å². The molecule has 0 amide bonds. The molecule has 0 saturated heterocycles. The molecule has 1 N–H and O–H groups in total. The normalized spacial score (nSPS) is 25.6. The van der Waals surface area contributed by atoms with E-state index in [1.165, 1.54) is 0 Å². The van der Waals surface area contributed by atoms with Gasteiger partial charge in [0.2, 0.25) is 0 Å². The second-order valence-electron chi connectivity index (χ2n) is 4.11. The fourth-order valence-corrected chi connectivity index (χ4v) is 3.31. The Kier molecular flexibility index (Phi) is 3.48. The van der Waals surface area contributed by atoms with Crippen molar-refractivity contribution in [2.75, 3.05) is 0 Å². The van der Waals surface area contributed by atoms with Crippen LogP contribution in [0, 0.1) is 5.92 Å². The maximum absolute atomic E-state index is 11.1. The number of carbonyl (C=O) groups is 1. The Morgan fingerprint density at radius 2 is 2.31 bits per heavy atom. The summed E-state index contributed by atoms with van der Waals surface area (Å²) in [5.74, 6) is -0.921. The van der Waals surface area contributed by atoms with Crippen LogP contribution in [0.15, 0.2) is 11.5 Å². The Bertz CT molecular complexity index is 380. The van der Waals surface area contributed by atoms with Crippen LogP contribution in [0.2, 0.25) is 0 Å². The van der Waals surface area contributed by atoms with Crippen molar-refractivity contribution < 1.29 is 9.90 Å². The van der Waals surface area contributed by atoms with Gasteiger partial charge < -0.3 is 9.67 Å². The SMILES string of the molecule is Cn1cnnc1SC1CCCCC1C(=O)O. The van der Waals surface area contributed by atoms with Gasteiger partial charge >= 0.3 is 5.97 Å².